The molecule has 0 fully saturated rings. The summed E-state index contributed by atoms with van der Waals surface area (Å²) >= 11 is 18.4. The molecule has 3 aromatic rings. The molecule has 31 heavy (non-hydrogen) atoms. The molecule has 4 rings (SSSR count). The number of carbonyl (C=O) groups excluding carboxylic acids is 1. The van der Waals surface area contributed by atoms with Crippen LogP contribution in [0.4, 0.5) is 16.2 Å². The van der Waals surface area contributed by atoms with Gasteiger partial charge in [0, 0.05) is 23.7 Å². The fraction of sp³-hybridized carbons (Fsp3) is 0.318. The topological polar surface area (TPSA) is 63.1 Å². The molecule has 9 heteroatoms. The predicted molar refractivity (Wildman–Crippen MR) is 125 cm³/mol. The summed E-state index contributed by atoms with van der Waals surface area (Å²) in [4.78, 5) is 19.6. The molecule has 0 saturated carbocycles. The number of rotatable bonds is 4. The number of amides is 2. The summed E-state index contributed by atoms with van der Waals surface area (Å²) in [6, 6.07) is 10.1. The Labute approximate surface area is 196 Å². The van der Waals surface area contributed by atoms with Gasteiger partial charge in [0.05, 0.1) is 22.3 Å². The minimum atomic E-state index is -0.339. The number of hydrogen-bond donors (Lipinski definition) is 1. The molecule has 1 aliphatic heterocycles. The van der Waals surface area contributed by atoms with Crippen LogP contribution in [0.25, 0.3) is 0 Å². The number of fused-ring (bicyclic) bond motifs is 1. The van der Waals surface area contributed by atoms with Gasteiger partial charge in [-0.25, -0.2) is 14.5 Å². The Kier molecular flexibility index (Phi) is 6.70. The lowest BCUT2D eigenvalue weighted by molar-refractivity contribution is 0.256. The Bertz CT molecular complexity index is 1090. The van der Waals surface area contributed by atoms with Gasteiger partial charge in [-0.2, -0.15) is 5.10 Å². The van der Waals surface area contributed by atoms with Gasteiger partial charge in [-0.3, -0.25) is 4.90 Å². The van der Waals surface area contributed by atoms with Gasteiger partial charge in [-0.1, -0.05) is 47.3 Å². The van der Waals surface area contributed by atoms with E-state index in [2.05, 4.69) is 10.4 Å². The van der Waals surface area contributed by atoms with E-state index < -0.39 is 0 Å². The van der Waals surface area contributed by atoms with Crippen LogP contribution < -0.4 is 10.2 Å². The number of halogens is 3. The smallest absolute Gasteiger partial charge is 0.307 e. The van der Waals surface area contributed by atoms with E-state index >= 15 is 0 Å². The highest BCUT2D eigenvalue weighted by Crippen LogP contribution is 2.29. The summed E-state index contributed by atoms with van der Waals surface area (Å²) in [5, 5.41) is 8.91. The summed E-state index contributed by atoms with van der Waals surface area (Å²) in [6.45, 7) is 2.95. The zero-order valence-corrected chi connectivity index (χ0v) is 19.3. The first-order valence-corrected chi connectivity index (χ1v) is 11.3. The van der Waals surface area contributed by atoms with E-state index in [0.717, 1.165) is 37.2 Å². The summed E-state index contributed by atoms with van der Waals surface area (Å²) in [5.41, 5.74) is 2.03. The Balaban J connectivity index is 1.65. The van der Waals surface area contributed by atoms with Gasteiger partial charge >= 0.3 is 6.03 Å². The summed E-state index contributed by atoms with van der Waals surface area (Å²) in [6.07, 6.45) is 4.27. The third-order valence-corrected chi connectivity index (χ3v) is 6.46. The molecule has 2 aromatic carbocycles. The van der Waals surface area contributed by atoms with Crippen LogP contribution in [-0.2, 0) is 19.5 Å². The second kappa shape index (κ2) is 9.47. The molecule has 2 amide bonds. The van der Waals surface area contributed by atoms with Gasteiger partial charge in [-0.05, 0) is 55.7 Å². The van der Waals surface area contributed by atoms with Crippen LogP contribution in [-0.4, -0.2) is 20.8 Å². The first kappa shape index (κ1) is 21.9. The number of hydrogen-bond acceptors (Lipinski definition) is 3. The highest BCUT2D eigenvalue weighted by molar-refractivity contribution is 6.42. The molecule has 6 nitrogen and oxygen atoms in total. The molecule has 0 atom stereocenters. The van der Waals surface area contributed by atoms with Gasteiger partial charge in [-0.15, -0.1) is 0 Å². The highest BCUT2D eigenvalue weighted by Gasteiger charge is 2.23. The first-order valence-electron chi connectivity index (χ1n) is 10.1. The molecule has 0 spiro atoms. The van der Waals surface area contributed by atoms with Crippen molar-refractivity contribution in [3.05, 3.63) is 68.7 Å². The molecule has 2 heterocycles. The third-order valence-electron chi connectivity index (χ3n) is 5.31. The van der Waals surface area contributed by atoms with E-state index in [9.17, 15) is 4.79 Å². The van der Waals surface area contributed by atoms with Crippen LogP contribution in [0.15, 0.2) is 36.4 Å². The Morgan fingerprint density at radius 1 is 1.10 bits per heavy atom. The summed E-state index contributed by atoms with van der Waals surface area (Å²) in [7, 11) is 0. The van der Waals surface area contributed by atoms with E-state index in [1.165, 1.54) is 6.42 Å². The second-order valence-electron chi connectivity index (χ2n) is 7.51. The second-order valence-corrected chi connectivity index (χ2v) is 8.73. The number of benzene rings is 2. The first-order chi connectivity index (χ1) is 14.9. The number of urea groups is 1. The van der Waals surface area contributed by atoms with Crippen molar-refractivity contribution in [2.24, 2.45) is 0 Å². The number of anilines is 2. The molecule has 0 bridgehead atoms. The van der Waals surface area contributed by atoms with Crippen LogP contribution in [0.2, 0.25) is 15.1 Å². The van der Waals surface area contributed by atoms with Gasteiger partial charge in [0.25, 0.3) is 0 Å². The van der Waals surface area contributed by atoms with Crippen molar-refractivity contribution in [2.45, 2.75) is 45.7 Å². The van der Waals surface area contributed by atoms with Crippen molar-refractivity contribution < 1.29 is 4.79 Å². The standard InChI is InChI=1S/C22H22Cl3N5O/c1-14-16(23)6-5-7-19(14)29(22(31)26-15-9-10-17(24)18(25)12-15)13-20-27-21-8-3-2-4-11-30(21)28-20/h5-7,9-10,12H,2-4,8,11,13H2,1H3,(H,26,31). The Hall–Kier alpha value is -2.28. The van der Waals surface area contributed by atoms with E-state index in [1.54, 1.807) is 29.2 Å². The molecule has 0 aliphatic carbocycles. The lowest BCUT2D eigenvalue weighted by atomic mass is 10.2. The van der Waals surface area contributed by atoms with Crippen LogP contribution in [0.3, 0.4) is 0 Å². The molecular weight excluding hydrogens is 457 g/mol. The largest absolute Gasteiger partial charge is 0.326 e. The van der Waals surface area contributed by atoms with Crippen LogP contribution >= 0.6 is 34.8 Å². The van der Waals surface area contributed by atoms with Gasteiger partial charge in [0.15, 0.2) is 5.82 Å². The molecule has 1 N–H and O–H groups in total. The van der Waals surface area contributed by atoms with E-state index in [-0.39, 0.29) is 12.6 Å². The van der Waals surface area contributed by atoms with Crippen molar-refractivity contribution in [3.8, 4) is 0 Å². The average Bonchev–Trinajstić information content (AvgIpc) is 2.99. The highest BCUT2D eigenvalue weighted by atomic mass is 35.5. The Morgan fingerprint density at radius 2 is 1.94 bits per heavy atom. The third kappa shape index (κ3) is 4.97. The number of aryl methyl sites for hydroxylation is 2. The fourth-order valence-corrected chi connectivity index (χ4v) is 4.11. The molecule has 1 aliphatic rings. The van der Waals surface area contributed by atoms with E-state index in [1.807, 2.05) is 23.7 Å². The quantitative estimate of drug-likeness (QED) is 0.465. The van der Waals surface area contributed by atoms with Gasteiger partial charge in [0.1, 0.15) is 5.82 Å². The lowest BCUT2D eigenvalue weighted by Crippen LogP contribution is -2.35. The Morgan fingerprint density at radius 3 is 2.74 bits per heavy atom. The fourth-order valence-electron chi connectivity index (χ4n) is 3.64. The number of nitrogens with one attached hydrogen (secondary N) is 1. The predicted octanol–water partition coefficient (Wildman–Crippen LogP) is 6.51. The van der Waals surface area contributed by atoms with Gasteiger partial charge < -0.3 is 5.32 Å². The summed E-state index contributed by atoms with van der Waals surface area (Å²) < 4.78 is 1.96. The van der Waals surface area contributed by atoms with Gasteiger partial charge in [0.2, 0.25) is 0 Å². The number of aromatic nitrogens is 3. The molecular formula is C22H22Cl3N5O. The maximum absolute atomic E-state index is 13.3. The van der Waals surface area contributed by atoms with Crippen LogP contribution in [0.1, 0.15) is 36.5 Å². The van der Waals surface area contributed by atoms with Crippen molar-refractivity contribution in [1.29, 1.82) is 0 Å². The molecule has 0 unspecified atom stereocenters. The maximum atomic E-state index is 13.3. The molecule has 1 aromatic heterocycles. The zero-order chi connectivity index (χ0) is 22.0. The average molecular weight is 479 g/mol. The van der Waals surface area contributed by atoms with E-state index in [0.29, 0.717) is 32.3 Å². The zero-order valence-electron chi connectivity index (χ0n) is 17.0. The normalized spacial score (nSPS) is 13.4. The van der Waals surface area contributed by atoms with Crippen molar-refractivity contribution in [3.63, 3.8) is 0 Å². The molecule has 0 saturated heterocycles. The van der Waals surface area contributed by atoms with Crippen molar-refractivity contribution in [1.82, 2.24) is 14.8 Å². The van der Waals surface area contributed by atoms with Crippen LogP contribution in [0.5, 0.6) is 0 Å². The monoisotopic (exact) mass is 477 g/mol. The van der Waals surface area contributed by atoms with Crippen LogP contribution in [0, 0.1) is 6.92 Å². The number of nitrogens with zero attached hydrogens (tertiary/aromatic N) is 4. The SMILES string of the molecule is Cc1c(Cl)cccc1N(Cc1nc2n(n1)CCCCC2)C(=O)Nc1ccc(Cl)c(Cl)c1. The minimum Gasteiger partial charge on any atom is -0.307 e. The van der Waals surface area contributed by atoms with Crippen molar-refractivity contribution in [2.75, 3.05) is 10.2 Å². The number of carbonyl (C=O) groups is 1. The summed E-state index contributed by atoms with van der Waals surface area (Å²) in [5.74, 6) is 1.57. The molecule has 0 radical (unpaired) electrons. The van der Waals surface area contributed by atoms with Crippen molar-refractivity contribution >= 4 is 52.2 Å². The lowest BCUT2D eigenvalue weighted by Gasteiger charge is -2.24. The maximum Gasteiger partial charge on any atom is 0.326 e. The van der Waals surface area contributed by atoms with E-state index in [4.69, 9.17) is 39.8 Å². The molecule has 162 valence electrons. The minimum absolute atomic E-state index is 0.217.